The number of benzene rings is 1. The van der Waals surface area contributed by atoms with Crippen LogP contribution in [0.3, 0.4) is 0 Å². The number of rotatable bonds is 2. The molecule has 1 aromatic rings. The third kappa shape index (κ3) is 4.20. The molecule has 3 rings (SSSR count). The third-order valence-electron chi connectivity index (χ3n) is 3.65. The molecule has 116 valence electrons. The summed E-state index contributed by atoms with van der Waals surface area (Å²) in [4.78, 5) is 7.09. The maximum atomic E-state index is 4.84. The van der Waals surface area contributed by atoms with E-state index in [1.165, 1.54) is 0 Å². The van der Waals surface area contributed by atoms with E-state index < -0.39 is 0 Å². The number of amidine groups is 1. The first-order chi connectivity index (χ1) is 11.3. The van der Waals surface area contributed by atoms with E-state index in [1.54, 1.807) is 0 Å². The first kappa shape index (κ1) is 15.8. The number of nitrogens with zero attached hydrogens (tertiary/aromatic N) is 2. The molecule has 0 unspecified atom stereocenters. The smallest absolute Gasteiger partial charge is 0.135 e. The lowest BCUT2D eigenvalue weighted by Crippen LogP contribution is -2.32. The molecule has 0 saturated heterocycles. The zero-order chi connectivity index (χ0) is 15.9. The first-order valence-corrected chi connectivity index (χ1v) is 8.57. The minimum Gasteiger partial charge on any atom is -0.322 e. The van der Waals surface area contributed by atoms with Crippen LogP contribution in [0, 0.1) is 0 Å². The summed E-state index contributed by atoms with van der Waals surface area (Å²) in [6, 6.07) is 8.38. The topological polar surface area (TPSA) is 15.6 Å². The number of halogens is 1. The summed E-state index contributed by atoms with van der Waals surface area (Å²) in [5, 5.41) is 0. The average molecular weight is 367 g/mol. The molecule has 23 heavy (non-hydrogen) atoms. The van der Waals surface area contributed by atoms with E-state index in [-0.39, 0.29) is 0 Å². The van der Waals surface area contributed by atoms with Crippen LogP contribution >= 0.6 is 15.9 Å². The summed E-state index contributed by atoms with van der Waals surface area (Å²) in [5.74, 6) is 1.01. The molecule has 1 aromatic carbocycles. The van der Waals surface area contributed by atoms with Gasteiger partial charge in [-0.05, 0) is 30.7 Å². The summed E-state index contributed by atoms with van der Waals surface area (Å²) < 4.78 is 1.08. The van der Waals surface area contributed by atoms with Crippen LogP contribution in [0.1, 0.15) is 6.42 Å². The highest BCUT2D eigenvalue weighted by molar-refractivity contribution is 9.10. The highest BCUT2D eigenvalue weighted by atomic mass is 79.9. The van der Waals surface area contributed by atoms with Gasteiger partial charge in [-0.15, -0.1) is 0 Å². The summed E-state index contributed by atoms with van der Waals surface area (Å²) >= 11 is 3.51. The van der Waals surface area contributed by atoms with Crippen molar-refractivity contribution < 1.29 is 0 Å². The van der Waals surface area contributed by atoms with E-state index in [2.05, 4.69) is 99.8 Å². The SMILES string of the molecule is Brc1ccc(N2C/C=C\C=C/C/N=C\2C2=CC=CCC=C2)cc1. The van der Waals surface area contributed by atoms with Gasteiger partial charge in [0.05, 0.1) is 6.54 Å². The minimum absolute atomic E-state index is 0.682. The van der Waals surface area contributed by atoms with E-state index in [0.29, 0.717) is 6.54 Å². The second-order valence-electron chi connectivity index (χ2n) is 5.30. The van der Waals surface area contributed by atoms with Crippen LogP contribution in [0.15, 0.2) is 94.0 Å². The highest BCUT2D eigenvalue weighted by Gasteiger charge is 2.16. The Hall–Kier alpha value is -2.13. The maximum Gasteiger partial charge on any atom is 0.135 e. The van der Waals surface area contributed by atoms with Gasteiger partial charge in [0.2, 0.25) is 0 Å². The molecule has 0 spiro atoms. The van der Waals surface area contributed by atoms with Gasteiger partial charge in [-0.2, -0.15) is 0 Å². The van der Waals surface area contributed by atoms with Crippen molar-refractivity contribution in [3.63, 3.8) is 0 Å². The van der Waals surface area contributed by atoms with Gasteiger partial charge in [-0.1, -0.05) is 70.6 Å². The van der Waals surface area contributed by atoms with Crippen molar-refractivity contribution in [3.05, 3.63) is 89.0 Å². The Bertz CT molecular complexity index is 719. The molecule has 1 heterocycles. The van der Waals surface area contributed by atoms with Crippen molar-refractivity contribution in [2.24, 2.45) is 4.99 Å². The van der Waals surface area contributed by atoms with Gasteiger partial charge >= 0.3 is 0 Å². The van der Waals surface area contributed by atoms with Crippen LogP contribution in [-0.2, 0) is 0 Å². The van der Waals surface area contributed by atoms with Crippen molar-refractivity contribution in [3.8, 4) is 0 Å². The van der Waals surface area contributed by atoms with Gasteiger partial charge in [0, 0.05) is 22.3 Å². The zero-order valence-corrected chi connectivity index (χ0v) is 14.5. The second-order valence-corrected chi connectivity index (χ2v) is 6.21. The summed E-state index contributed by atoms with van der Waals surface area (Å²) in [7, 11) is 0. The van der Waals surface area contributed by atoms with Gasteiger partial charge in [0.1, 0.15) is 5.84 Å². The molecule has 2 aliphatic rings. The molecule has 2 nitrogen and oxygen atoms in total. The number of allylic oxidation sites excluding steroid dienone is 6. The molecule has 3 heteroatoms. The van der Waals surface area contributed by atoms with Crippen molar-refractivity contribution in [1.82, 2.24) is 0 Å². The molecule has 1 aliphatic carbocycles. The standard InChI is InChI=1S/C20H19BrN2/c21-18-11-13-19(14-12-18)23-16-8-4-3-7-15-22-20(23)17-9-5-1-2-6-10-17/h1,3-14H,2,15-16H2/b7-3-,8-4-,22-20-. The van der Waals surface area contributed by atoms with Gasteiger partial charge in [-0.25, -0.2) is 0 Å². The Kier molecular flexibility index (Phi) is 5.43. The molecule has 0 aromatic heterocycles. The molecule has 0 atom stereocenters. The van der Waals surface area contributed by atoms with Crippen LogP contribution in [-0.4, -0.2) is 18.9 Å². The predicted molar refractivity (Wildman–Crippen MR) is 103 cm³/mol. The van der Waals surface area contributed by atoms with E-state index in [4.69, 9.17) is 4.99 Å². The molecular formula is C20H19BrN2. The Labute approximate surface area is 146 Å². The molecule has 1 aliphatic heterocycles. The average Bonchev–Trinajstić information content (AvgIpc) is 2.78. The van der Waals surface area contributed by atoms with Crippen molar-refractivity contribution in [2.75, 3.05) is 18.0 Å². The van der Waals surface area contributed by atoms with Gasteiger partial charge in [-0.3, -0.25) is 4.99 Å². The Balaban J connectivity index is 2.03. The Morgan fingerprint density at radius 2 is 1.74 bits per heavy atom. The minimum atomic E-state index is 0.682. The molecule has 0 amide bonds. The molecule has 0 bridgehead atoms. The van der Waals surface area contributed by atoms with Crippen molar-refractivity contribution in [2.45, 2.75) is 6.42 Å². The fraction of sp³-hybridized carbons (Fsp3) is 0.150. The number of anilines is 1. The monoisotopic (exact) mass is 366 g/mol. The largest absolute Gasteiger partial charge is 0.322 e. The lowest BCUT2D eigenvalue weighted by Gasteiger charge is -2.26. The fourth-order valence-corrected chi connectivity index (χ4v) is 2.78. The summed E-state index contributed by atoms with van der Waals surface area (Å²) in [5.41, 5.74) is 2.28. The lowest BCUT2D eigenvalue weighted by atomic mass is 10.1. The highest BCUT2D eigenvalue weighted by Crippen LogP contribution is 2.22. The van der Waals surface area contributed by atoms with E-state index in [0.717, 1.165) is 34.5 Å². The van der Waals surface area contributed by atoms with Crippen LogP contribution < -0.4 is 4.90 Å². The van der Waals surface area contributed by atoms with Gasteiger partial charge in [0.15, 0.2) is 0 Å². The van der Waals surface area contributed by atoms with Crippen LogP contribution in [0.2, 0.25) is 0 Å². The second kappa shape index (κ2) is 7.93. The van der Waals surface area contributed by atoms with E-state index in [9.17, 15) is 0 Å². The first-order valence-electron chi connectivity index (χ1n) is 7.77. The molecular weight excluding hydrogens is 348 g/mol. The van der Waals surface area contributed by atoms with E-state index in [1.807, 2.05) is 0 Å². The molecule has 0 fully saturated rings. The number of aliphatic imine (C=N–C) groups is 1. The van der Waals surface area contributed by atoms with Crippen LogP contribution in [0.4, 0.5) is 5.69 Å². The molecule has 0 radical (unpaired) electrons. The van der Waals surface area contributed by atoms with Gasteiger partial charge in [0.25, 0.3) is 0 Å². The lowest BCUT2D eigenvalue weighted by molar-refractivity contribution is 1.11. The predicted octanol–water partition coefficient (Wildman–Crippen LogP) is 5.22. The fourth-order valence-electron chi connectivity index (χ4n) is 2.52. The number of hydrogen-bond acceptors (Lipinski definition) is 2. The number of hydrogen-bond donors (Lipinski definition) is 0. The van der Waals surface area contributed by atoms with Crippen LogP contribution in [0.25, 0.3) is 0 Å². The van der Waals surface area contributed by atoms with Crippen LogP contribution in [0.5, 0.6) is 0 Å². The Morgan fingerprint density at radius 1 is 0.913 bits per heavy atom. The maximum absolute atomic E-state index is 4.84. The summed E-state index contributed by atoms with van der Waals surface area (Å²) in [6.45, 7) is 1.47. The van der Waals surface area contributed by atoms with Crippen molar-refractivity contribution in [1.29, 1.82) is 0 Å². The molecule has 0 saturated carbocycles. The van der Waals surface area contributed by atoms with Gasteiger partial charge < -0.3 is 4.90 Å². The van der Waals surface area contributed by atoms with Crippen molar-refractivity contribution >= 4 is 27.5 Å². The Morgan fingerprint density at radius 3 is 2.61 bits per heavy atom. The quantitative estimate of drug-likeness (QED) is 0.700. The third-order valence-corrected chi connectivity index (χ3v) is 4.18. The zero-order valence-electron chi connectivity index (χ0n) is 12.9. The molecule has 0 N–H and O–H groups in total. The normalized spacial score (nSPS) is 22.9. The summed E-state index contributed by atoms with van der Waals surface area (Å²) in [6.07, 6.45) is 20.1. The van der Waals surface area contributed by atoms with E-state index >= 15 is 0 Å².